The third kappa shape index (κ3) is 4.68. The van der Waals surface area contributed by atoms with Gasteiger partial charge in [-0.15, -0.1) is 0 Å². The maximum atomic E-state index is 5.33. The third-order valence-electron chi connectivity index (χ3n) is 5.35. The molecule has 0 bridgehead atoms. The highest BCUT2D eigenvalue weighted by atomic mass is 16.5. The van der Waals surface area contributed by atoms with E-state index in [1.54, 1.807) is 7.11 Å². The number of likely N-dealkylation sites (tertiary alicyclic amines) is 1. The largest absolute Gasteiger partial charge is 0.497 e. The zero-order valence-corrected chi connectivity index (χ0v) is 16.3. The van der Waals surface area contributed by atoms with Crippen LogP contribution in [0.3, 0.4) is 0 Å². The van der Waals surface area contributed by atoms with Gasteiger partial charge in [0, 0.05) is 25.6 Å². The second kappa shape index (κ2) is 8.73. The fourth-order valence-electron chi connectivity index (χ4n) is 3.60. The summed E-state index contributed by atoms with van der Waals surface area (Å²) in [6.07, 6.45) is 2.55. The van der Waals surface area contributed by atoms with Crippen LogP contribution in [0.15, 0.2) is 29.3 Å². The number of ether oxygens (including phenoxy) is 2. The average molecular weight is 361 g/mol. The molecule has 0 saturated carbocycles. The molecule has 6 heteroatoms. The van der Waals surface area contributed by atoms with Gasteiger partial charge in [0.25, 0.3) is 0 Å². The van der Waals surface area contributed by atoms with Crippen LogP contribution in [0.2, 0.25) is 0 Å². The Bertz CT molecular complexity index is 592. The molecule has 144 valence electrons. The summed E-state index contributed by atoms with van der Waals surface area (Å²) in [5.41, 5.74) is 1.54. The summed E-state index contributed by atoms with van der Waals surface area (Å²) < 4.78 is 10.6. The number of nitrogens with zero attached hydrogens (tertiary/aromatic N) is 2. The van der Waals surface area contributed by atoms with Crippen molar-refractivity contribution in [2.45, 2.75) is 25.8 Å². The Morgan fingerprint density at radius 1 is 1.23 bits per heavy atom. The van der Waals surface area contributed by atoms with E-state index in [0.29, 0.717) is 6.04 Å². The first-order valence-electron chi connectivity index (χ1n) is 9.54. The Morgan fingerprint density at radius 2 is 1.92 bits per heavy atom. The minimum Gasteiger partial charge on any atom is -0.497 e. The quantitative estimate of drug-likeness (QED) is 0.576. The van der Waals surface area contributed by atoms with Crippen molar-refractivity contribution in [1.82, 2.24) is 15.5 Å². The number of aliphatic imine (C=N–C) groups is 1. The first kappa shape index (κ1) is 19.0. The van der Waals surface area contributed by atoms with Crippen molar-refractivity contribution in [3.8, 4) is 5.75 Å². The second-order valence-corrected chi connectivity index (χ2v) is 7.64. The molecule has 2 aliphatic heterocycles. The molecule has 1 unspecified atom stereocenters. The van der Waals surface area contributed by atoms with Gasteiger partial charge in [-0.1, -0.05) is 19.1 Å². The van der Waals surface area contributed by atoms with Crippen LogP contribution in [0.25, 0.3) is 0 Å². The van der Waals surface area contributed by atoms with E-state index < -0.39 is 0 Å². The van der Waals surface area contributed by atoms with Crippen LogP contribution in [0.5, 0.6) is 5.75 Å². The molecule has 1 atom stereocenters. The van der Waals surface area contributed by atoms with Crippen LogP contribution in [0.4, 0.5) is 0 Å². The summed E-state index contributed by atoms with van der Waals surface area (Å²) in [6, 6.07) is 8.77. The third-order valence-corrected chi connectivity index (χ3v) is 5.35. The molecule has 26 heavy (non-hydrogen) atoms. The van der Waals surface area contributed by atoms with Crippen LogP contribution in [-0.2, 0) is 4.74 Å². The molecule has 2 N–H and O–H groups in total. The van der Waals surface area contributed by atoms with Crippen LogP contribution < -0.4 is 15.4 Å². The smallest absolute Gasteiger partial charge is 0.191 e. The molecular weight excluding hydrogens is 328 g/mol. The average Bonchev–Trinajstić information content (AvgIpc) is 3.17. The maximum Gasteiger partial charge on any atom is 0.191 e. The van der Waals surface area contributed by atoms with E-state index in [2.05, 4.69) is 39.6 Å². The van der Waals surface area contributed by atoms with Crippen molar-refractivity contribution in [2.24, 2.45) is 10.4 Å². The number of benzene rings is 1. The molecule has 0 aromatic heterocycles. The summed E-state index contributed by atoms with van der Waals surface area (Å²) in [5.74, 6) is 1.76. The first-order chi connectivity index (χ1) is 12.6. The Hall–Kier alpha value is -1.79. The van der Waals surface area contributed by atoms with Crippen LogP contribution in [-0.4, -0.2) is 64.4 Å². The lowest BCUT2D eigenvalue weighted by Gasteiger charge is -2.38. The Labute approximate surface area is 157 Å². The number of rotatable bonds is 7. The normalized spacial score (nSPS) is 21.1. The van der Waals surface area contributed by atoms with E-state index in [9.17, 15) is 0 Å². The molecule has 2 fully saturated rings. The summed E-state index contributed by atoms with van der Waals surface area (Å²) in [7, 11) is 3.53. The number of guanidine groups is 1. The monoisotopic (exact) mass is 360 g/mol. The number of hydrogen-bond donors (Lipinski definition) is 2. The van der Waals surface area contributed by atoms with Crippen molar-refractivity contribution >= 4 is 5.96 Å². The fourth-order valence-corrected chi connectivity index (χ4v) is 3.60. The first-order valence-corrected chi connectivity index (χ1v) is 9.54. The minimum absolute atomic E-state index is 0.224. The SMILES string of the molecule is CN=C(NCC(c1ccc(OC)cc1)N1CCCC1)NCC1(C)COC1. The summed E-state index contributed by atoms with van der Waals surface area (Å²) in [6.45, 7) is 7.89. The predicted octanol–water partition coefficient (Wildman–Crippen LogP) is 2.03. The zero-order valence-electron chi connectivity index (χ0n) is 16.3. The molecule has 0 spiro atoms. The number of nitrogens with one attached hydrogen (secondary N) is 2. The molecule has 1 aromatic carbocycles. The molecule has 2 saturated heterocycles. The van der Waals surface area contributed by atoms with Crippen molar-refractivity contribution in [1.29, 1.82) is 0 Å². The van der Waals surface area contributed by atoms with Gasteiger partial charge in [0.05, 0.1) is 26.4 Å². The van der Waals surface area contributed by atoms with Gasteiger partial charge < -0.3 is 20.1 Å². The summed E-state index contributed by atoms with van der Waals surface area (Å²) in [4.78, 5) is 6.94. The van der Waals surface area contributed by atoms with Gasteiger partial charge in [-0.2, -0.15) is 0 Å². The van der Waals surface area contributed by atoms with Crippen LogP contribution >= 0.6 is 0 Å². The van der Waals surface area contributed by atoms with Crippen molar-refractivity contribution in [2.75, 3.05) is 53.6 Å². The highest BCUT2D eigenvalue weighted by Gasteiger charge is 2.33. The lowest BCUT2D eigenvalue weighted by atomic mass is 9.89. The van der Waals surface area contributed by atoms with E-state index in [1.807, 2.05) is 19.2 Å². The maximum absolute atomic E-state index is 5.33. The number of hydrogen-bond acceptors (Lipinski definition) is 4. The highest BCUT2D eigenvalue weighted by molar-refractivity contribution is 5.79. The summed E-state index contributed by atoms with van der Waals surface area (Å²) in [5, 5.41) is 6.97. The Morgan fingerprint density at radius 3 is 2.46 bits per heavy atom. The standard InChI is InChI=1S/C20H32N4O2/c1-20(14-26-15-20)13-23-19(21-2)22-12-18(24-10-4-5-11-24)16-6-8-17(25-3)9-7-16/h6-9,18H,4-5,10-15H2,1-3H3,(H2,21,22,23). The van der Waals surface area contributed by atoms with Gasteiger partial charge in [0.15, 0.2) is 5.96 Å². The Kier molecular flexibility index (Phi) is 6.38. The van der Waals surface area contributed by atoms with Crippen LogP contribution in [0, 0.1) is 5.41 Å². The van der Waals surface area contributed by atoms with Crippen molar-refractivity contribution in [3.05, 3.63) is 29.8 Å². The van der Waals surface area contributed by atoms with Gasteiger partial charge in [0.2, 0.25) is 0 Å². The van der Waals surface area contributed by atoms with Gasteiger partial charge in [0.1, 0.15) is 5.75 Å². The van der Waals surface area contributed by atoms with Crippen molar-refractivity contribution < 1.29 is 9.47 Å². The molecule has 6 nitrogen and oxygen atoms in total. The van der Waals surface area contributed by atoms with Gasteiger partial charge in [-0.05, 0) is 43.6 Å². The van der Waals surface area contributed by atoms with E-state index >= 15 is 0 Å². The van der Waals surface area contributed by atoms with E-state index in [0.717, 1.165) is 51.1 Å². The van der Waals surface area contributed by atoms with E-state index in [1.165, 1.54) is 18.4 Å². The molecule has 0 aliphatic carbocycles. The van der Waals surface area contributed by atoms with Gasteiger partial charge in [-0.3, -0.25) is 9.89 Å². The zero-order chi connectivity index (χ0) is 18.4. The number of methoxy groups -OCH3 is 1. The predicted molar refractivity (Wildman–Crippen MR) is 105 cm³/mol. The molecule has 0 radical (unpaired) electrons. The molecule has 0 amide bonds. The fraction of sp³-hybridized carbons (Fsp3) is 0.650. The lowest BCUT2D eigenvalue weighted by Crippen LogP contribution is -2.51. The van der Waals surface area contributed by atoms with Gasteiger partial charge in [-0.25, -0.2) is 0 Å². The molecular formula is C20H32N4O2. The molecule has 1 aromatic rings. The lowest BCUT2D eigenvalue weighted by molar-refractivity contribution is -0.0971. The summed E-state index contributed by atoms with van der Waals surface area (Å²) >= 11 is 0. The minimum atomic E-state index is 0.224. The van der Waals surface area contributed by atoms with Crippen LogP contribution in [0.1, 0.15) is 31.4 Å². The molecule has 2 aliphatic rings. The van der Waals surface area contributed by atoms with E-state index in [4.69, 9.17) is 9.47 Å². The highest BCUT2D eigenvalue weighted by Crippen LogP contribution is 2.27. The van der Waals surface area contributed by atoms with Gasteiger partial charge >= 0.3 is 0 Å². The second-order valence-electron chi connectivity index (χ2n) is 7.64. The van der Waals surface area contributed by atoms with Crippen molar-refractivity contribution in [3.63, 3.8) is 0 Å². The Balaban J connectivity index is 1.60. The molecule has 3 rings (SSSR count). The van der Waals surface area contributed by atoms with E-state index in [-0.39, 0.29) is 5.41 Å². The molecule has 2 heterocycles. The topological polar surface area (TPSA) is 58.1 Å².